The van der Waals surface area contributed by atoms with Gasteiger partial charge in [-0.15, -0.1) is 0 Å². The molecule has 0 radical (unpaired) electrons. The van der Waals surface area contributed by atoms with Gasteiger partial charge in [0.1, 0.15) is 0 Å². The van der Waals surface area contributed by atoms with Gasteiger partial charge in [-0.3, -0.25) is 14.5 Å². The van der Waals surface area contributed by atoms with Gasteiger partial charge in [0.2, 0.25) is 11.8 Å². The molecule has 142 valence electrons. The van der Waals surface area contributed by atoms with Gasteiger partial charge in [0.25, 0.3) is 0 Å². The molecule has 0 unspecified atom stereocenters. The molecule has 0 aromatic heterocycles. The lowest BCUT2D eigenvalue weighted by molar-refractivity contribution is -0.136. The fraction of sp³-hybridized carbons (Fsp3) is 0.600. The first-order valence-electron chi connectivity index (χ1n) is 9.46. The molecule has 3 rings (SSSR count). The van der Waals surface area contributed by atoms with Gasteiger partial charge in [-0.1, -0.05) is 30.3 Å². The van der Waals surface area contributed by atoms with Gasteiger partial charge in [0, 0.05) is 44.7 Å². The number of amides is 2. The van der Waals surface area contributed by atoms with Crippen LogP contribution < -0.4 is 0 Å². The number of benzene rings is 1. The Kier molecular flexibility index (Phi) is 5.94. The lowest BCUT2D eigenvalue weighted by Gasteiger charge is -2.49. The Morgan fingerprint density at radius 2 is 1.92 bits per heavy atom. The van der Waals surface area contributed by atoms with Gasteiger partial charge in [-0.05, 0) is 25.5 Å². The highest BCUT2D eigenvalue weighted by Crippen LogP contribution is 2.32. The molecule has 6 heteroatoms. The van der Waals surface area contributed by atoms with E-state index in [4.69, 9.17) is 0 Å². The van der Waals surface area contributed by atoms with Crippen LogP contribution in [0.4, 0.5) is 0 Å². The molecule has 1 N–H and O–H groups in total. The molecule has 2 saturated heterocycles. The second-order valence-corrected chi connectivity index (χ2v) is 7.48. The van der Waals surface area contributed by atoms with Gasteiger partial charge < -0.3 is 14.9 Å². The Morgan fingerprint density at radius 1 is 1.15 bits per heavy atom. The van der Waals surface area contributed by atoms with Crippen molar-refractivity contribution >= 4 is 11.8 Å². The average molecular weight is 359 g/mol. The monoisotopic (exact) mass is 359 g/mol. The molecule has 1 atom stereocenters. The minimum atomic E-state index is -0.148. The van der Waals surface area contributed by atoms with Gasteiger partial charge in [-0.25, -0.2) is 0 Å². The van der Waals surface area contributed by atoms with Crippen molar-refractivity contribution in [2.45, 2.75) is 31.2 Å². The van der Waals surface area contributed by atoms with Crippen LogP contribution in [0.1, 0.15) is 24.8 Å². The van der Waals surface area contributed by atoms with Crippen molar-refractivity contribution in [1.29, 1.82) is 0 Å². The smallest absolute Gasteiger partial charge is 0.227 e. The van der Waals surface area contributed by atoms with E-state index in [1.165, 1.54) is 0 Å². The predicted molar refractivity (Wildman–Crippen MR) is 99.6 cm³/mol. The molecule has 2 fully saturated rings. The zero-order valence-corrected chi connectivity index (χ0v) is 15.6. The molecule has 26 heavy (non-hydrogen) atoms. The van der Waals surface area contributed by atoms with Crippen LogP contribution in [-0.2, 0) is 16.0 Å². The zero-order chi connectivity index (χ0) is 18.6. The quantitative estimate of drug-likeness (QED) is 0.862. The zero-order valence-electron chi connectivity index (χ0n) is 15.6. The van der Waals surface area contributed by atoms with Crippen LogP contribution in [0, 0.1) is 0 Å². The van der Waals surface area contributed by atoms with Crippen LogP contribution in [-0.4, -0.2) is 83.5 Å². The molecule has 2 amide bonds. The highest BCUT2D eigenvalue weighted by Gasteiger charge is 2.43. The highest BCUT2D eigenvalue weighted by molar-refractivity contribution is 5.79. The molecule has 6 nitrogen and oxygen atoms in total. The average Bonchev–Trinajstić information content (AvgIpc) is 2.80. The predicted octanol–water partition coefficient (Wildman–Crippen LogP) is 0.747. The minimum Gasteiger partial charge on any atom is -0.395 e. The third-order valence-corrected chi connectivity index (χ3v) is 5.93. The molecule has 1 spiro atoms. The molecule has 1 aromatic rings. The van der Waals surface area contributed by atoms with Crippen LogP contribution in [0.5, 0.6) is 0 Å². The molecular formula is C20H29N3O3. The molecule has 2 heterocycles. The van der Waals surface area contributed by atoms with E-state index in [2.05, 4.69) is 11.9 Å². The standard InChI is InChI=1S/C20H29N3O3/c1-21-11-12-23(19(26)15-17-5-3-2-4-6-17)16-20(21)8-7-18(25)22(10-9-20)13-14-24/h2-6,24H,7-16H2,1H3/t20-/m1/s1. The van der Waals surface area contributed by atoms with E-state index < -0.39 is 0 Å². The first-order chi connectivity index (χ1) is 12.5. The van der Waals surface area contributed by atoms with Gasteiger partial charge in [0.05, 0.1) is 13.0 Å². The number of rotatable bonds is 4. The Bertz CT molecular complexity index is 636. The van der Waals surface area contributed by atoms with Crippen LogP contribution in [0.25, 0.3) is 0 Å². The minimum absolute atomic E-state index is 0.00370. The summed E-state index contributed by atoms with van der Waals surface area (Å²) in [5.41, 5.74) is 0.889. The normalized spacial score (nSPS) is 24.8. The topological polar surface area (TPSA) is 64.1 Å². The fourth-order valence-electron chi connectivity index (χ4n) is 4.15. The van der Waals surface area contributed by atoms with Crippen molar-refractivity contribution in [3.8, 4) is 0 Å². The summed E-state index contributed by atoms with van der Waals surface area (Å²) in [6.07, 6.45) is 2.50. The van der Waals surface area contributed by atoms with E-state index in [9.17, 15) is 14.7 Å². The second-order valence-electron chi connectivity index (χ2n) is 7.48. The third kappa shape index (κ3) is 4.07. The summed E-state index contributed by atoms with van der Waals surface area (Å²) in [6.45, 7) is 3.28. The van der Waals surface area contributed by atoms with Crippen molar-refractivity contribution in [2.24, 2.45) is 0 Å². The van der Waals surface area contributed by atoms with Gasteiger partial charge >= 0.3 is 0 Å². The number of hydrogen-bond acceptors (Lipinski definition) is 4. The molecule has 2 aliphatic rings. The lowest BCUT2D eigenvalue weighted by Crippen LogP contribution is -2.62. The van der Waals surface area contributed by atoms with E-state index in [1.807, 2.05) is 35.2 Å². The molecule has 1 aromatic carbocycles. The Labute approximate surface area is 155 Å². The van der Waals surface area contributed by atoms with E-state index in [0.717, 1.165) is 31.5 Å². The van der Waals surface area contributed by atoms with Crippen molar-refractivity contribution in [3.05, 3.63) is 35.9 Å². The number of nitrogens with zero attached hydrogens (tertiary/aromatic N) is 3. The summed E-state index contributed by atoms with van der Waals surface area (Å²) < 4.78 is 0. The number of carbonyl (C=O) groups excluding carboxylic acids is 2. The molecule has 2 aliphatic heterocycles. The Balaban J connectivity index is 1.69. The molecule has 0 saturated carbocycles. The number of aliphatic hydroxyl groups is 1. The van der Waals surface area contributed by atoms with Crippen LogP contribution >= 0.6 is 0 Å². The second kappa shape index (κ2) is 8.18. The van der Waals surface area contributed by atoms with Crippen LogP contribution in [0.3, 0.4) is 0 Å². The third-order valence-electron chi connectivity index (χ3n) is 5.93. The first kappa shape index (κ1) is 18.9. The fourth-order valence-corrected chi connectivity index (χ4v) is 4.15. The maximum Gasteiger partial charge on any atom is 0.227 e. The van der Waals surface area contributed by atoms with Crippen LogP contribution in [0.15, 0.2) is 30.3 Å². The maximum absolute atomic E-state index is 12.8. The Morgan fingerprint density at radius 3 is 2.65 bits per heavy atom. The number of likely N-dealkylation sites (N-methyl/N-ethyl adjacent to an activating group) is 1. The lowest BCUT2D eigenvalue weighted by atomic mass is 9.86. The summed E-state index contributed by atoms with van der Waals surface area (Å²) in [6, 6.07) is 9.85. The maximum atomic E-state index is 12.8. The summed E-state index contributed by atoms with van der Waals surface area (Å²) in [4.78, 5) is 31.2. The summed E-state index contributed by atoms with van der Waals surface area (Å²) in [5.74, 6) is 0.267. The molecule has 0 bridgehead atoms. The van der Waals surface area contributed by atoms with E-state index in [0.29, 0.717) is 32.5 Å². The van der Waals surface area contributed by atoms with Crippen molar-refractivity contribution in [2.75, 3.05) is 46.4 Å². The van der Waals surface area contributed by atoms with Crippen molar-refractivity contribution < 1.29 is 14.7 Å². The number of β-amino-alcohol motifs (C(OH)–C–C–N with tert-alkyl or cyclic N) is 1. The number of aliphatic hydroxyl groups excluding tert-OH is 1. The van der Waals surface area contributed by atoms with Crippen LogP contribution in [0.2, 0.25) is 0 Å². The summed E-state index contributed by atoms with van der Waals surface area (Å²) in [7, 11) is 2.10. The summed E-state index contributed by atoms with van der Waals surface area (Å²) >= 11 is 0. The summed E-state index contributed by atoms with van der Waals surface area (Å²) in [5, 5.41) is 9.18. The van der Waals surface area contributed by atoms with Gasteiger partial charge in [0.15, 0.2) is 0 Å². The van der Waals surface area contributed by atoms with E-state index >= 15 is 0 Å². The van der Waals surface area contributed by atoms with Gasteiger partial charge in [-0.2, -0.15) is 0 Å². The van der Waals surface area contributed by atoms with E-state index in [1.54, 1.807) is 4.90 Å². The number of likely N-dealkylation sites (tertiary alicyclic amines) is 1. The first-order valence-corrected chi connectivity index (χ1v) is 9.46. The van der Waals surface area contributed by atoms with Crippen molar-refractivity contribution in [1.82, 2.24) is 14.7 Å². The Hall–Kier alpha value is -1.92. The number of piperazine rings is 1. The number of carbonyl (C=O) groups is 2. The van der Waals surface area contributed by atoms with E-state index in [-0.39, 0.29) is 24.0 Å². The molecular weight excluding hydrogens is 330 g/mol. The number of hydrogen-bond donors (Lipinski definition) is 1. The SMILES string of the molecule is CN1CCN(C(=O)Cc2ccccc2)C[C@]12CCC(=O)N(CCO)CC2. The largest absolute Gasteiger partial charge is 0.395 e. The highest BCUT2D eigenvalue weighted by atomic mass is 16.3. The van der Waals surface area contributed by atoms with Crippen molar-refractivity contribution in [3.63, 3.8) is 0 Å². The molecule has 0 aliphatic carbocycles.